The van der Waals surface area contributed by atoms with Gasteiger partial charge in [0.15, 0.2) is 5.13 Å². The number of anilines is 3. The molecule has 3 heterocycles. The average Bonchev–Trinajstić information content (AvgIpc) is 3.18. The number of benzene rings is 1. The predicted molar refractivity (Wildman–Crippen MR) is 120 cm³/mol. The molecule has 140 valence electrons. The molecule has 0 fully saturated rings. The summed E-state index contributed by atoms with van der Waals surface area (Å²) < 4.78 is 2.10. The third-order valence-corrected chi connectivity index (χ3v) is 5.10. The van der Waals surface area contributed by atoms with Crippen molar-refractivity contribution in [3.63, 3.8) is 0 Å². The third kappa shape index (κ3) is 3.84. The molecule has 0 saturated heterocycles. The number of imidazole rings is 1. The van der Waals surface area contributed by atoms with Crippen LogP contribution in [0.15, 0.2) is 48.0 Å². The Labute approximate surface area is 173 Å². The molecule has 4 aromatic rings. The van der Waals surface area contributed by atoms with Crippen LogP contribution in [0.5, 0.6) is 0 Å². The van der Waals surface area contributed by atoms with Crippen LogP contribution in [0.3, 0.4) is 0 Å². The van der Waals surface area contributed by atoms with Gasteiger partial charge in [0.2, 0.25) is 0 Å². The molecule has 0 unspecified atom stereocenters. The Hall–Kier alpha value is -2.38. The molecule has 0 saturated carbocycles. The summed E-state index contributed by atoms with van der Waals surface area (Å²) in [4.78, 5) is 11.5. The van der Waals surface area contributed by atoms with Crippen LogP contribution in [-0.4, -0.2) is 28.5 Å². The van der Waals surface area contributed by atoms with Crippen LogP contribution in [0.2, 0.25) is 0 Å². The molecule has 7 heteroatoms. The number of halogens is 1. The first-order valence-corrected chi connectivity index (χ1v) is 9.35. The summed E-state index contributed by atoms with van der Waals surface area (Å²) >= 11 is 1.60. The molecule has 1 aromatic carbocycles. The maximum absolute atomic E-state index is 4.78. The second-order valence-corrected chi connectivity index (χ2v) is 7.44. The van der Waals surface area contributed by atoms with Crippen molar-refractivity contribution in [2.75, 3.05) is 24.3 Å². The highest BCUT2D eigenvalue weighted by Crippen LogP contribution is 2.30. The number of pyridine rings is 1. The molecule has 0 amide bonds. The molecule has 1 N–H and O–H groups in total. The molecule has 0 aliphatic heterocycles. The number of aryl methyl sites for hydroxylation is 2. The summed E-state index contributed by atoms with van der Waals surface area (Å²) in [5.74, 6) is 0. The van der Waals surface area contributed by atoms with E-state index in [1.165, 1.54) is 11.3 Å². The molecule has 0 atom stereocenters. The first-order chi connectivity index (χ1) is 12.5. The van der Waals surface area contributed by atoms with E-state index in [1.54, 1.807) is 11.3 Å². The van der Waals surface area contributed by atoms with Crippen molar-refractivity contribution in [2.24, 2.45) is 0 Å². The fourth-order valence-corrected chi connectivity index (χ4v) is 3.69. The second-order valence-electron chi connectivity index (χ2n) is 6.58. The fraction of sp³-hybridized carbons (Fsp3) is 0.200. The van der Waals surface area contributed by atoms with Gasteiger partial charge in [-0.2, -0.15) is 0 Å². The zero-order valence-corrected chi connectivity index (χ0v) is 18.3. The van der Waals surface area contributed by atoms with Gasteiger partial charge in [-0.1, -0.05) is 0 Å². The van der Waals surface area contributed by atoms with Crippen molar-refractivity contribution in [3.8, 4) is 11.4 Å². The van der Waals surface area contributed by atoms with Crippen molar-refractivity contribution in [1.29, 1.82) is 0 Å². The standard InChI is InChI=1S/C20H21N5S.BrH/c1-13-9-10-25-18(11-13)21-14(2)19(25)17-12-26-20(23-17)22-15-5-7-16(8-6-15)24(3)4;/h5-12H,1-4H3,(H,22,23);1H. The number of nitrogens with one attached hydrogen (secondary N) is 1. The smallest absolute Gasteiger partial charge is 0.187 e. The van der Waals surface area contributed by atoms with Crippen LogP contribution >= 0.6 is 28.3 Å². The van der Waals surface area contributed by atoms with Crippen LogP contribution in [0.4, 0.5) is 16.5 Å². The number of aromatic nitrogens is 3. The third-order valence-electron chi connectivity index (χ3n) is 4.34. The van der Waals surface area contributed by atoms with Crippen molar-refractivity contribution < 1.29 is 0 Å². The topological polar surface area (TPSA) is 45.5 Å². The molecule has 0 bridgehead atoms. The van der Waals surface area contributed by atoms with Gasteiger partial charge in [-0.15, -0.1) is 28.3 Å². The normalized spacial score (nSPS) is 10.7. The number of hydrogen-bond acceptors (Lipinski definition) is 5. The summed E-state index contributed by atoms with van der Waals surface area (Å²) in [5.41, 5.74) is 7.34. The number of nitrogens with zero attached hydrogens (tertiary/aromatic N) is 4. The van der Waals surface area contributed by atoms with E-state index < -0.39 is 0 Å². The summed E-state index contributed by atoms with van der Waals surface area (Å²) in [5, 5.41) is 6.34. The van der Waals surface area contributed by atoms with Gasteiger partial charge in [-0.05, 0) is 55.8 Å². The highest BCUT2D eigenvalue weighted by Gasteiger charge is 2.14. The van der Waals surface area contributed by atoms with E-state index in [-0.39, 0.29) is 17.0 Å². The van der Waals surface area contributed by atoms with Gasteiger partial charge >= 0.3 is 0 Å². The van der Waals surface area contributed by atoms with Crippen molar-refractivity contribution in [3.05, 3.63) is 59.2 Å². The molecular formula is C20H22BrN5S. The number of thiazole rings is 1. The Morgan fingerprint density at radius 3 is 2.48 bits per heavy atom. The largest absolute Gasteiger partial charge is 0.378 e. The lowest BCUT2D eigenvalue weighted by atomic mass is 10.2. The fourth-order valence-electron chi connectivity index (χ4n) is 2.98. The SMILES string of the molecule is Br.Cc1ccn2c(-c3csc(Nc4ccc(N(C)C)cc4)n3)c(C)nc2c1. The highest BCUT2D eigenvalue weighted by atomic mass is 79.9. The van der Waals surface area contributed by atoms with E-state index in [0.717, 1.165) is 33.5 Å². The molecular weight excluding hydrogens is 422 g/mol. The van der Waals surface area contributed by atoms with Gasteiger partial charge in [0, 0.05) is 37.0 Å². The van der Waals surface area contributed by atoms with E-state index in [4.69, 9.17) is 4.98 Å². The Kier molecular flexibility index (Phi) is 5.53. The van der Waals surface area contributed by atoms with Crippen LogP contribution < -0.4 is 10.2 Å². The summed E-state index contributed by atoms with van der Waals surface area (Å²) in [6, 6.07) is 12.5. The Bertz CT molecular complexity index is 1070. The summed E-state index contributed by atoms with van der Waals surface area (Å²) in [7, 11) is 4.07. The zero-order chi connectivity index (χ0) is 18.3. The molecule has 0 spiro atoms. The highest BCUT2D eigenvalue weighted by molar-refractivity contribution is 8.93. The van der Waals surface area contributed by atoms with E-state index in [0.29, 0.717) is 0 Å². The monoisotopic (exact) mass is 443 g/mol. The minimum atomic E-state index is 0. The number of hydrogen-bond donors (Lipinski definition) is 1. The van der Waals surface area contributed by atoms with Crippen molar-refractivity contribution in [1.82, 2.24) is 14.4 Å². The molecule has 5 nitrogen and oxygen atoms in total. The van der Waals surface area contributed by atoms with Gasteiger partial charge in [-0.3, -0.25) is 4.40 Å². The number of fused-ring (bicyclic) bond motifs is 1. The first-order valence-electron chi connectivity index (χ1n) is 8.47. The van der Waals surface area contributed by atoms with Crippen molar-refractivity contribution in [2.45, 2.75) is 13.8 Å². The summed E-state index contributed by atoms with van der Waals surface area (Å²) in [6.07, 6.45) is 2.06. The Morgan fingerprint density at radius 1 is 1.04 bits per heavy atom. The Balaban J connectivity index is 0.00000210. The van der Waals surface area contributed by atoms with Gasteiger partial charge < -0.3 is 10.2 Å². The Morgan fingerprint density at radius 2 is 1.78 bits per heavy atom. The van der Waals surface area contributed by atoms with Crippen LogP contribution in [0.1, 0.15) is 11.3 Å². The molecule has 3 aromatic heterocycles. The first kappa shape index (κ1) is 19.4. The van der Waals surface area contributed by atoms with E-state index in [1.807, 2.05) is 21.0 Å². The van der Waals surface area contributed by atoms with E-state index in [9.17, 15) is 0 Å². The van der Waals surface area contributed by atoms with Crippen molar-refractivity contribution >= 4 is 50.5 Å². The maximum atomic E-state index is 4.78. The van der Waals surface area contributed by atoms with Gasteiger partial charge in [0.05, 0.1) is 11.4 Å². The zero-order valence-electron chi connectivity index (χ0n) is 15.7. The minimum absolute atomic E-state index is 0. The van der Waals surface area contributed by atoms with Crippen LogP contribution in [0, 0.1) is 13.8 Å². The molecule has 27 heavy (non-hydrogen) atoms. The lowest BCUT2D eigenvalue weighted by Crippen LogP contribution is -2.08. The van der Waals surface area contributed by atoms with E-state index in [2.05, 4.69) is 74.5 Å². The average molecular weight is 444 g/mol. The maximum Gasteiger partial charge on any atom is 0.187 e. The quantitative estimate of drug-likeness (QED) is 0.454. The van der Waals surface area contributed by atoms with Gasteiger partial charge in [0.25, 0.3) is 0 Å². The lowest BCUT2D eigenvalue weighted by molar-refractivity contribution is 1.13. The predicted octanol–water partition coefficient (Wildman–Crippen LogP) is 5.46. The molecule has 0 radical (unpaired) electrons. The lowest BCUT2D eigenvalue weighted by Gasteiger charge is -2.12. The van der Waals surface area contributed by atoms with E-state index >= 15 is 0 Å². The van der Waals surface area contributed by atoms with Gasteiger partial charge in [-0.25, -0.2) is 9.97 Å². The molecule has 0 aliphatic rings. The van der Waals surface area contributed by atoms with Crippen LogP contribution in [-0.2, 0) is 0 Å². The van der Waals surface area contributed by atoms with Crippen LogP contribution in [0.25, 0.3) is 17.0 Å². The van der Waals surface area contributed by atoms with Gasteiger partial charge in [0.1, 0.15) is 11.3 Å². The molecule has 4 rings (SSSR count). The number of rotatable bonds is 4. The summed E-state index contributed by atoms with van der Waals surface area (Å²) in [6.45, 7) is 4.11. The molecule has 0 aliphatic carbocycles. The second kappa shape index (κ2) is 7.70. The minimum Gasteiger partial charge on any atom is -0.378 e.